The minimum atomic E-state index is -0.369. The van der Waals surface area contributed by atoms with Gasteiger partial charge in [0.25, 0.3) is 0 Å². The monoisotopic (exact) mass is 298 g/mol. The molecule has 1 heterocycles. The largest absolute Gasteiger partial charge is 0.492 e. The molecule has 1 saturated carbocycles. The maximum atomic E-state index is 13.1. The first-order chi connectivity index (χ1) is 10.2. The minimum absolute atomic E-state index is 0.148. The molecule has 1 fully saturated rings. The Kier molecular flexibility index (Phi) is 2.83. The van der Waals surface area contributed by atoms with Gasteiger partial charge >= 0.3 is 0 Å². The molecule has 2 nitrogen and oxygen atoms in total. The molecule has 0 atom stereocenters. The SMILES string of the molecule is O=C(c1cc(Cl)cc2c1OCC2)C1(c2ccccc2)CC1. The van der Waals surface area contributed by atoms with E-state index in [1.807, 2.05) is 36.4 Å². The van der Waals surface area contributed by atoms with Crippen LogP contribution in [0.2, 0.25) is 5.02 Å². The Morgan fingerprint density at radius 1 is 1.14 bits per heavy atom. The summed E-state index contributed by atoms with van der Waals surface area (Å²) < 4.78 is 5.69. The molecule has 3 heteroatoms. The van der Waals surface area contributed by atoms with Gasteiger partial charge in [0, 0.05) is 11.4 Å². The third kappa shape index (κ3) is 1.97. The Morgan fingerprint density at radius 2 is 1.90 bits per heavy atom. The maximum Gasteiger partial charge on any atom is 0.177 e. The molecule has 0 radical (unpaired) electrons. The van der Waals surface area contributed by atoms with Gasteiger partial charge in [-0.25, -0.2) is 0 Å². The van der Waals surface area contributed by atoms with E-state index in [2.05, 4.69) is 0 Å². The predicted molar refractivity (Wildman–Crippen MR) is 82.3 cm³/mol. The summed E-state index contributed by atoms with van der Waals surface area (Å²) in [5, 5.41) is 0.617. The second kappa shape index (κ2) is 4.60. The highest BCUT2D eigenvalue weighted by Crippen LogP contribution is 2.52. The molecule has 0 bridgehead atoms. The minimum Gasteiger partial charge on any atom is -0.492 e. The number of ketones is 1. The van der Waals surface area contributed by atoms with Gasteiger partial charge in [-0.2, -0.15) is 0 Å². The summed E-state index contributed by atoms with van der Waals surface area (Å²) in [5.41, 5.74) is 2.43. The number of carbonyl (C=O) groups is 1. The average molecular weight is 299 g/mol. The van der Waals surface area contributed by atoms with Crippen molar-refractivity contribution in [3.63, 3.8) is 0 Å². The topological polar surface area (TPSA) is 26.3 Å². The number of carbonyl (C=O) groups excluding carboxylic acids is 1. The molecule has 2 aliphatic rings. The molecule has 0 saturated heterocycles. The van der Waals surface area contributed by atoms with Crippen molar-refractivity contribution in [1.29, 1.82) is 0 Å². The van der Waals surface area contributed by atoms with Crippen LogP contribution in [0.1, 0.15) is 34.3 Å². The van der Waals surface area contributed by atoms with E-state index >= 15 is 0 Å². The Balaban J connectivity index is 1.80. The van der Waals surface area contributed by atoms with Gasteiger partial charge in [-0.05, 0) is 36.1 Å². The number of hydrogen-bond donors (Lipinski definition) is 0. The van der Waals surface area contributed by atoms with Gasteiger partial charge in [0.15, 0.2) is 5.78 Å². The normalized spacial score (nSPS) is 18.0. The number of benzene rings is 2. The van der Waals surface area contributed by atoms with Crippen LogP contribution in [0.15, 0.2) is 42.5 Å². The van der Waals surface area contributed by atoms with E-state index in [0.29, 0.717) is 17.2 Å². The van der Waals surface area contributed by atoms with Gasteiger partial charge < -0.3 is 4.74 Å². The van der Waals surface area contributed by atoms with Gasteiger partial charge in [-0.3, -0.25) is 4.79 Å². The Morgan fingerprint density at radius 3 is 2.62 bits per heavy atom. The molecule has 0 N–H and O–H groups in total. The number of fused-ring (bicyclic) bond motifs is 1. The van der Waals surface area contributed by atoms with Crippen LogP contribution >= 0.6 is 11.6 Å². The quantitative estimate of drug-likeness (QED) is 0.794. The Bertz CT molecular complexity index is 717. The molecule has 0 amide bonds. The fourth-order valence-electron chi connectivity index (χ4n) is 3.22. The Hall–Kier alpha value is -1.80. The van der Waals surface area contributed by atoms with Crippen molar-refractivity contribution in [2.24, 2.45) is 0 Å². The first-order valence-electron chi connectivity index (χ1n) is 7.26. The van der Waals surface area contributed by atoms with E-state index in [9.17, 15) is 4.79 Å². The first-order valence-corrected chi connectivity index (χ1v) is 7.64. The van der Waals surface area contributed by atoms with E-state index < -0.39 is 0 Å². The molecule has 2 aromatic carbocycles. The van der Waals surface area contributed by atoms with Crippen molar-refractivity contribution in [2.45, 2.75) is 24.7 Å². The number of rotatable bonds is 3. The van der Waals surface area contributed by atoms with Crippen molar-refractivity contribution in [3.8, 4) is 5.75 Å². The molecule has 1 aliphatic heterocycles. The summed E-state index contributed by atoms with van der Waals surface area (Å²) >= 11 is 6.18. The summed E-state index contributed by atoms with van der Waals surface area (Å²) in [5.74, 6) is 0.890. The molecule has 21 heavy (non-hydrogen) atoms. The average Bonchev–Trinajstić information content (AvgIpc) is 3.19. The van der Waals surface area contributed by atoms with E-state index in [-0.39, 0.29) is 11.2 Å². The predicted octanol–water partition coefficient (Wildman–Crippen LogP) is 4.19. The number of ether oxygens (including phenoxy) is 1. The van der Waals surface area contributed by atoms with Crippen LogP contribution in [0.25, 0.3) is 0 Å². The zero-order valence-electron chi connectivity index (χ0n) is 11.6. The molecule has 4 rings (SSSR count). The second-order valence-electron chi connectivity index (χ2n) is 5.82. The lowest BCUT2D eigenvalue weighted by atomic mass is 9.86. The van der Waals surface area contributed by atoms with Gasteiger partial charge in [-0.1, -0.05) is 41.9 Å². The molecule has 1 aliphatic carbocycles. The highest BCUT2D eigenvalue weighted by Gasteiger charge is 2.52. The van der Waals surface area contributed by atoms with E-state index in [0.717, 1.165) is 36.1 Å². The third-order valence-electron chi connectivity index (χ3n) is 4.50. The highest BCUT2D eigenvalue weighted by molar-refractivity contribution is 6.31. The van der Waals surface area contributed by atoms with Gasteiger partial charge in [0.2, 0.25) is 0 Å². The van der Waals surface area contributed by atoms with Crippen molar-refractivity contribution in [2.75, 3.05) is 6.61 Å². The van der Waals surface area contributed by atoms with E-state index in [1.54, 1.807) is 6.07 Å². The Labute approximate surface area is 128 Å². The number of hydrogen-bond acceptors (Lipinski definition) is 2. The van der Waals surface area contributed by atoms with Crippen LogP contribution < -0.4 is 4.74 Å². The molecule has 0 spiro atoms. The van der Waals surface area contributed by atoms with Crippen LogP contribution in [0.5, 0.6) is 5.75 Å². The van der Waals surface area contributed by atoms with E-state index in [4.69, 9.17) is 16.3 Å². The first kappa shape index (κ1) is 12.9. The fraction of sp³-hybridized carbons (Fsp3) is 0.278. The molecule has 106 valence electrons. The highest BCUT2D eigenvalue weighted by atomic mass is 35.5. The molecule has 0 aromatic heterocycles. The van der Waals surface area contributed by atoms with Crippen molar-refractivity contribution < 1.29 is 9.53 Å². The molecular weight excluding hydrogens is 284 g/mol. The number of halogens is 1. The zero-order valence-corrected chi connectivity index (χ0v) is 12.3. The summed E-state index contributed by atoms with van der Waals surface area (Å²) in [6.07, 6.45) is 2.63. The fourth-order valence-corrected chi connectivity index (χ4v) is 3.47. The summed E-state index contributed by atoms with van der Waals surface area (Å²) in [6.45, 7) is 0.633. The zero-order chi connectivity index (χ0) is 14.4. The lowest BCUT2D eigenvalue weighted by molar-refractivity contribution is 0.0943. The van der Waals surface area contributed by atoms with Crippen LogP contribution in [0.4, 0.5) is 0 Å². The van der Waals surface area contributed by atoms with Crippen molar-refractivity contribution in [3.05, 3.63) is 64.2 Å². The number of Topliss-reactive ketones (excluding diaryl/α,β-unsaturated/α-hetero) is 1. The van der Waals surface area contributed by atoms with Crippen LogP contribution in [-0.4, -0.2) is 12.4 Å². The van der Waals surface area contributed by atoms with Crippen LogP contribution in [-0.2, 0) is 11.8 Å². The van der Waals surface area contributed by atoms with E-state index in [1.165, 1.54) is 0 Å². The maximum absolute atomic E-state index is 13.1. The summed E-state index contributed by atoms with van der Waals surface area (Å²) in [6, 6.07) is 13.7. The standard InChI is InChI=1S/C18H15ClO2/c19-14-10-12-6-9-21-16(12)15(11-14)17(20)18(7-8-18)13-4-2-1-3-5-13/h1-5,10-11H,6-9H2. The van der Waals surface area contributed by atoms with Gasteiger partial charge in [0.05, 0.1) is 17.6 Å². The smallest absolute Gasteiger partial charge is 0.177 e. The van der Waals surface area contributed by atoms with Gasteiger partial charge in [-0.15, -0.1) is 0 Å². The van der Waals surface area contributed by atoms with Crippen molar-refractivity contribution >= 4 is 17.4 Å². The summed E-state index contributed by atoms with van der Waals surface area (Å²) in [7, 11) is 0. The molecule has 2 aromatic rings. The molecule has 0 unspecified atom stereocenters. The van der Waals surface area contributed by atoms with Crippen LogP contribution in [0, 0.1) is 0 Å². The van der Waals surface area contributed by atoms with Crippen LogP contribution in [0.3, 0.4) is 0 Å². The van der Waals surface area contributed by atoms with Crippen molar-refractivity contribution in [1.82, 2.24) is 0 Å². The second-order valence-corrected chi connectivity index (χ2v) is 6.25. The summed E-state index contributed by atoms with van der Waals surface area (Å²) in [4.78, 5) is 13.1. The lowest BCUT2D eigenvalue weighted by Crippen LogP contribution is -2.21. The molecular formula is C18H15ClO2. The lowest BCUT2D eigenvalue weighted by Gasteiger charge is -2.16. The van der Waals surface area contributed by atoms with Gasteiger partial charge in [0.1, 0.15) is 5.75 Å². The third-order valence-corrected chi connectivity index (χ3v) is 4.72.